The van der Waals surface area contributed by atoms with Crippen LogP contribution >= 0.6 is 12.4 Å². The zero-order valence-corrected chi connectivity index (χ0v) is 14.0. The van der Waals surface area contributed by atoms with Gasteiger partial charge in [-0.3, -0.25) is 4.79 Å². The Morgan fingerprint density at radius 3 is 2.73 bits per heavy atom. The molecule has 1 aromatic carbocycles. The van der Waals surface area contributed by atoms with Crippen LogP contribution in [-0.4, -0.2) is 44.2 Å². The number of amides is 1. The molecule has 2 N–H and O–H groups in total. The number of rotatable bonds is 5. The van der Waals surface area contributed by atoms with Crippen LogP contribution in [-0.2, 0) is 0 Å². The number of nitrogens with two attached hydrogens (primary N) is 1. The van der Waals surface area contributed by atoms with E-state index in [9.17, 15) is 4.79 Å². The molecule has 0 aliphatic carbocycles. The summed E-state index contributed by atoms with van der Waals surface area (Å²) in [6, 6.07) is 5.54. The molecule has 0 aromatic heterocycles. The predicted molar refractivity (Wildman–Crippen MR) is 89.1 cm³/mol. The van der Waals surface area contributed by atoms with E-state index in [-0.39, 0.29) is 24.4 Å². The van der Waals surface area contributed by atoms with Gasteiger partial charge in [0.15, 0.2) is 0 Å². The Morgan fingerprint density at radius 2 is 2.09 bits per heavy atom. The van der Waals surface area contributed by atoms with Crippen LogP contribution in [0.3, 0.4) is 0 Å². The molecule has 1 unspecified atom stereocenters. The zero-order valence-electron chi connectivity index (χ0n) is 13.2. The molecule has 1 heterocycles. The van der Waals surface area contributed by atoms with Crippen molar-refractivity contribution < 1.29 is 14.3 Å². The van der Waals surface area contributed by atoms with Crippen molar-refractivity contribution in [1.29, 1.82) is 0 Å². The quantitative estimate of drug-likeness (QED) is 0.901. The van der Waals surface area contributed by atoms with Crippen LogP contribution in [0.15, 0.2) is 18.2 Å². The normalized spacial score (nSPS) is 17.6. The molecule has 0 spiro atoms. The van der Waals surface area contributed by atoms with Crippen LogP contribution in [0.2, 0.25) is 0 Å². The van der Waals surface area contributed by atoms with Gasteiger partial charge in [-0.2, -0.15) is 0 Å². The van der Waals surface area contributed by atoms with Gasteiger partial charge in [-0.15, -0.1) is 12.4 Å². The number of likely N-dealkylation sites (tertiary alicyclic amines) is 1. The minimum absolute atomic E-state index is 0. The molecule has 1 saturated heterocycles. The smallest absolute Gasteiger partial charge is 0.258 e. The molecule has 1 atom stereocenters. The van der Waals surface area contributed by atoms with Gasteiger partial charge in [-0.05, 0) is 50.4 Å². The molecular formula is C16H25ClN2O3. The van der Waals surface area contributed by atoms with Crippen molar-refractivity contribution in [3.8, 4) is 11.5 Å². The van der Waals surface area contributed by atoms with Crippen molar-refractivity contribution in [2.24, 2.45) is 5.73 Å². The molecule has 1 amide bonds. The first kappa shape index (κ1) is 18.6. The number of ether oxygens (including phenoxy) is 2. The molecular weight excluding hydrogens is 304 g/mol. The summed E-state index contributed by atoms with van der Waals surface area (Å²) in [5, 5.41) is 0. The molecule has 0 saturated carbocycles. The number of halogens is 1. The van der Waals surface area contributed by atoms with Gasteiger partial charge in [0, 0.05) is 12.6 Å². The Hall–Kier alpha value is -1.46. The van der Waals surface area contributed by atoms with Gasteiger partial charge in [0.25, 0.3) is 5.91 Å². The molecule has 0 radical (unpaired) electrons. The predicted octanol–water partition coefficient (Wildman–Crippen LogP) is 2.47. The molecule has 1 aliphatic heterocycles. The highest BCUT2D eigenvalue weighted by atomic mass is 35.5. The molecule has 22 heavy (non-hydrogen) atoms. The van der Waals surface area contributed by atoms with Crippen LogP contribution in [0.25, 0.3) is 0 Å². The van der Waals surface area contributed by atoms with Gasteiger partial charge >= 0.3 is 0 Å². The minimum Gasteiger partial charge on any atom is -0.497 e. The SMILES string of the molecule is COc1ccc(OC)c(C(=O)N2CCCCC2CCN)c1.Cl. The topological polar surface area (TPSA) is 64.8 Å². The Morgan fingerprint density at radius 1 is 1.32 bits per heavy atom. The van der Waals surface area contributed by atoms with E-state index in [1.807, 2.05) is 4.90 Å². The Kier molecular flexibility index (Phi) is 7.48. The van der Waals surface area contributed by atoms with Crippen molar-refractivity contribution in [1.82, 2.24) is 4.90 Å². The van der Waals surface area contributed by atoms with Crippen molar-refractivity contribution in [2.75, 3.05) is 27.3 Å². The van der Waals surface area contributed by atoms with Gasteiger partial charge in [-0.25, -0.2) is 0 Å². The van der Waals surface area contributed by atoms with Gasteiger partial charge in [0.2, 0.25) is 0 Å². The van der Waals surface area contributed by atoms with Crippen LogP contribution in [0.5, 0.6) is 11.5 Å². The second-order valence-corrected chi connectivity index (χ2v) is 5.29. The van der Waals surface area contributed by atoms with Gasteiger partial charge < -0.3 is 20.1 Å². The van der Waals surface area contributed by atoms with E-state index >= 15 is 0 Å². The van der Waals surface area contributed by atoms with E-state index in [0.717, 1.165) is 32.2 Å². The lowest BCUT2D eigenvalue weighted by Gasteiger charge is -2.36. The number of carbonyl (C=O) groups excluding carboxylic acids is 1. The summed E-state index contributed by atoms with van der Waals surface area (Å²) >= 11 is 0. The number of hydrogen-bond donors (Lipinski definition) is 1. The first-order valence-corrected chi connectivity index (χ1v) is 7.44. The number of methoxy groups -OCH3 is 2. The zero-order chi connectivity index (χ0) is 15.2. The lowest BCUT2D eigenvalue weighted by Crippen LogP contribution is -2.44. The molecule has 6 heteroatoms. The van der Waals surface area contributed by atoms with Crippen LogP contribution in [0, 0.1) is 0 Å². The molecule has 5 nitrogen and oxygen atoms in total. The maximum absolute atomic E-state index is 12.9. The lowest BCUT2D eigenvalue weighted by atomic mass is 9.98. The molecule has 124 valence electrons. The number of piperidine rings is 1. The Labute approximate surface area is 138 Å². The van der Waals surface area contributed by atoms with E-state index in [0.29, 0.717) is 23.6 Å². The fourth-order valence-corrected chi connectivity index (χ4v) is 2.90. The standard InChI is InChI=1S/C16H24N2O3.ClH/c1-20-13-6-7-15(21-2)14(11-13)16(19)18-10-4-3-5-12(18)8-9-17;/h6-7,11-12H,3-5,8-10,17H2,1-2H3;1H. The summed E-state index contributed by atoms with van der Waals surface area (Å²) in [4.78, 5) is 14.8. The van der Waals surface area contributed by atoms with Crippen LogP contribution in [0.4, 0.5) is 0 Å². The summed E-state index contributed by atoms with van der Waals surface area (Å²) in [5.74, 6) is 1.24. The lowest BCUT2D eigenvalue weighted by molar-refractivity contribution is 0.0601. The number of carbonyl (C=O) groups is 1. The largest absolute Gasteiger partial charge is 0.497 e. The first-order chi connectivity index (χ1) is 10.2. The third-order valence-electron chi connectivity index (χ3n) is 4.02. The van der Waals surface area contributed by atoms with E-state index in [1.165, 1.54) is 0 Å². The van der Waals surface area contributed by atoms with E-state index < -0.39 is 0 Å². The molecule has 2 rings (SSSR count). The maximum Gasteiger partial charge on any atom is 0.258 e. The average Bonchev–Trinajstić information content (AvgIpc) is 2.54. The number of benzene rings is 1. The number of hydrogen-bond acceptors (Lipinski definition) is 4. The van der Waals surface area contributed by atoms with Gasteiger partial charge in [-0.1, -0.05) is 0 Å². The Bertz CT molecular complexity index is 494. The fourth-order valence-electron chi connectivity index (χ4n) is 2.90. The number of nitrogens with zero attached hydrogens (tertiary/aromatic N) is 1. The third kappa shape index (κ3) is 4.05. The summed E-state index contributed by atoms with van der Waals surface area (Å²) in [6.45, 7) is 1.38. The average molecular weight is 329 g/mol. The summed E-state index contributed by atoms with van der Waals surface area (Å²) in [7, 11) is 3.17. The highest BCUT2D eigenvalue weighted by molar-refractivity contribution is 5.97. The van der Waals surface area contributed by atoms with Crippen molar-refractivity contribution in [3.63, 3.8) is 0 Å². The minimum atomic E-state index is 0. The Balaban J connectivity index is 0.00000242. The van der Waals surface area contributed by atoms with Crippen molar-refractivity contribution in [2.45, 2.75) is 31.7 Å². The fraction of sp³-hybridized carbons (Fsp3) is 0.562. The second-order valence-electron chi connectivity index (χ2n) is 5.29. The van der Waals surface area contributed by atoms with Crippen LogP contribution < -0.4 is 15.2 Å². The third-order valence-corrected chi connectivity index (χ3v) is 4.02. The molecule has 0 bridgehead atoms. The highest BCUT2D eigenvalue weighted by Crippen LogP contribution is 2.28. The van der Waals surface area contributed by atoms with Crippen LogP contribution in [0.1, 0.15) is 36.0 Å². The van der Waals surface area contributed by atoms with E-state index in [4.69, 9.17) is 15.2 Å². The summed E-state index contributed by atoms with van der Waals surface area (Å²) in [6.07, 6.45) is 4.07. The second kappa shape index (κ2) is 8.86. The molecule has 1 fully saturated rings. The van der Waals surface area contributed by atoms with E-state index in [2.05, 4.69) is 0 Å². The van der Waals surface area contributed by atoms with Crippen molar-refractivity contribution in [3.05, 3.63) is 23.8 Å². The highest BCUT2D eigenvalue weighted by Gasteiger charge is 2.28. The molecule has 1 aromatic rings. The molecule has 1 aliphatic rings. The maximum atomic E-state index is 12.9. The van der Waals surface area contributed by atoms with Gasteiger partial charge in [0.05, 0.1) is 19.8 Å². The summed E-state index contributed by atoms with van der Waals surface area (Å²) in [5.41, 5.74) is 6.24. The monoisotopic (exact) mass is 328 g/mol. The summed E-state index contributed by atoms with van der Waals surface area (Å²) < 4.78 is 10.5. The van der Waals surface area contributed by atoms with E-state index in [1.54, 1.807) is 32.4 Å². The first-order valence-electron chi connectivity index (χ1n) is 7.44. The van der Waals surface area contributed by atoms with Crippen molar-refractivity contribution >= 4 is 18.3 Å². The van der Waals surface area contributed by atoms with Gasteiger partial charge in [0.1, 0.15) is 11.5 Å².